The molecule has 2 fully saturated rings. The smallest absolute Gasteiger partial charge is 0.322 e. The van der Waals surface area contributed by atoms with Crippen LogP contribution in [0.4, 0.5) is 0 Å². The number of aliphatic carboxylic acids is 1. The van der Waals surface area contributed by atoms with Crippen LogP contribution < -0.4 is 4.74 Å². The number of hydrogen-bond acceptors (Lipinski definition) is 7. The van der Waals surface area contributed by atoms with Crippen LogP contribution in [0, 0.1) is 5.92 Å². The first-order chi connectivity index (χ1) is 17.3. The van der Waals surface area contributed by atoms with Crippen LogP contribution in [0.15, 0.2) is 53.4 Å². The van der Waals surface area contributed by atoms with Crippen molar-refractivity contribution in [3.63, 3.8) is 0 Å². The van der Waals surface area contributed by atoms with Gasteiger partial charge in [-0.25, -0.2) is 8.42 Å². The summed E-state index contributed by atoms with van der Waals surface area (Å²) >= 11 is 0. The average Bonchev–Trinajstić information content (AvgIpc) is 3.35. The first kappa shape index (κ1) is 26.6. The molecule has 4 rings (SSSR count). The highest BCUT2D eigenvalue weighted by Crippen LogP contribution is 2.41. The van der Waals surface area contributed by atoms with E-state index < -0.39 is 27.8 Å². The number of hydrogen-bond donors (Lipinski definition) is 1. The number of sulfonamides is 1. The van der Waals surface area contributed by atoms with Crippen LogP contribution in [0.2, 0.25) is 0 Å². The fourth-order valence-electron chi connectivity index (χ4n) is 5.07. The molecule has 1 saturated heterocycles. The summed E-state index contributed by atoms with van der Waals surface area (Å²) in [5.74, 6) is -1.47. The minimum atomic E-state index is -4.11. The SMILES string of the molecule is COCCN(C(C(=O)O)C1CCC2(CC1)OCCO2)S(=O)(=O)c1ccc(-c2ccc(OC)cc2)cc1. The average molecular weight is 520 g/mol. The monoisotopic (exact) mass is 519 g/mol. The summed E-state index contributed by atoms with van der Waals surface area (Å²) in [6, 6.07) is 12.7. The number of benzene rings is 2. The lowest BCUT2D eigenvalue weighted by Crippen LogP contribution is -2.52. The maximum absolute atomic E-state index is 13.7. The largest absolute Gasteiger partial charge is 0.497 e. The van der Waals surface area contributed by atoms with Crippen molar-refractivity contribution in [1.82, 2.24) is 4.31 Å². The van der Waals surface area contributed by atoms with Crippen molar-refractivity contribution in [3.8, 4) is 16.9 Å². The number of methoxy groups -OCH3 is 2. The Balaban J connectivity index is 1.58. The Morgan fingerprint density at radius 2 is 1.58 bits per heavy atom. The van der Waals surface area contributed by atoms with Gasteiger partial charge in [-0.05, 0) is 54.2 Å². The maximum atomic E-state index is 13.7. The number of ether oxygens (including phenoxy) is 4. The van der Waals surface area contributed by atoms with Crippen LogP contribution in [-0.2, 0) is 29.0 Å². The van der Waals surface area contributed by atoms with E-state index in [9.17, 15) is 18.3 Å². The summed E-state index contributed by atoms with van der Waals surface area (Å²) in [7, 11) is -1.06. The molecule has 1 saturated carbocycles. The van der Waals surface area contributed by atoms with E-state index in [0.717, 1.165) is 21.2 Å². The molecule has 1 aliphatic heterocycles. The molecule has 1 unspecified atom stereocenters. The van der Waals surface area contributed by atoms with Crippen molar-refractivity contribution in [3.05, 3.63) is 48.5 Å². The van der Waals surface area contributed by atoms with Gasteiger partial charge in [0.05, 0.1) is 31.8 Å². The van der Waals surface area contributed by atoms with Gasteiger partial charge in [-0.2, -0.15) is 4.31 Å². The normalized spacial score (nSPS) is 19.0. The number of carboxylic acids is 1. The zero-order valence-electron chi connectivity index (χ0n) is 20.6. The molecule has 1 atom stereocenters. The molecular formula is C26H33NO8S. The molecule has 10 heteroatoms. The quantitative estimate of drug-likeness (QED) is 0.509. The summed E-state index contributed by atoms with van der Waals surface area (Å²) in [5.41, 5.74) is 1.75. The summed E-state index contributed by atoms with van der Waals surface area (Å²) in [6.07, 6.45) is 2.06. The Bertz CT molecular complexity index is 1120. The standard InChI is InChI=1S/C26H33NO8S/c1-32-16-15-27(24(25(28)29)21-11-13-26(14-12-21)34-17-18-35-26)36(30,31)23-9-5-20(6-10-23)19-3-7-22(33-2)8-4-19/h3-10,21,24H,11-18H2,1-2H3,(H,28,29). The molecular weight excluding hydrogens is 486 g/mol. The van der Waals surface area contributed by atoms with Gasteiger partial charge in [0.1, 0.15) is 11.8 Å². The van der Waals surface area contributed by atoms with Gasteiger partial charge in [-0.15, -0.1) is 0 Å². The van der Waals surface area contributed by atoms with Crippen LogP contribution in [-0.4, -0.2) is 76.2 Å². The van der Waals surface area contributed by atoms with Gasteiger partial charge in [0.15, 0.2) is 5.79 Å². The van der Waals surface area contributed by atoms with Crippen molar-refractivity contribution < 1.29 is 37.3 Å². The fraction of sp³-hybridized carbons (Fsp3) is 0.500. The van der Waals surface area contributed by atoms with Gasteiger partial charge in [-0.1, -0.05) is 24.3 Å². The van der Waals surface area contributed by atoms with Gasteiger partial charge in [-0.3, -0.25) is 4.79 Å². The van der Waals surface area contributed by atoms with Crippen LogP contribution in [0.5, 0.6) is 5.75 Å². The van der Waals surface area contributed by atoms with E-state index in [0.29, 0.717) is 38.9 Å². The minimum Gasteiger partial charge on any atom is -0.497 e. The third-order valence-corrected chi connectivity index (χ3v) is 8.91. The molecule has 2 aromatic carbocycles. The van der Waals surface area contributed by atoms with E-state index >= 15 is 0 Å². The van der Waals surface area contributed by atoms with Gasteiger partial charge in [0.25, 0.3) is 0 Å². The lowest BCUT2D eigenvalue weighted by molar-refractivity contribution is -0.186. The second-order valence-electron chi connectivity index (χ2n) is 9.09. The predicted molar refractivity (Wildman–Crippen MR) is 132 cm³/mol. The Kier molecular flexibility index (Phi) is 8.31. The zero-order valence-corrected chi connectivity index (χ0v) is 21.4. The highest BCUT2D eigenvalue weighted by atomic mass is 32.2. The van der Waals surface area contributed by atoms with E-state index in [-0.39, 0.29) is 24.0 Å². The molecule has 36 heavy (non-hydrogen) atoms. The number of carbonyl (C=O) groups is 1. The summed E-state index contributed by atoms with van der Waals surface area (Å²) in [4.78, 5) is 12.5. The van der Waals surface area contributed by atoms with Crippen molar-refractivity contribution in [2.45, 2.75) is 42.4 Å². The van der Waals surface area contributed by atoms with Crippen molar-refractivity contribution >= 4 is 16.0 Å². The van der Waals surface area contributed by atoms with E-state index in [1.165, 1.54) is 19.2 Å². The van der Waals surface area contributed by atoms with Crippen LogP contribution in [0.3, 0.4) is 0 Å². The Morgan fingerprint density at radius 3 is 2.08 bits per heavy atom. The van der Waals surface area contributed by atoms with Crippen molar-refractivity contribution in [2.24, 2.45) is 5.92 Å². The van der Waals surface area contributed by atoms with E-state index in [4.69, 9.17) is 18.9 Å². The molecule has 0 aromatic heterocycles. The lowest BCUT2D eigenvalue weighted by atomic mass is 9.80. The molecule has 0 bridgehead atoms. The molecule has 9 nitrogen and oxygen atoms in total. The van der Waals surface area contributed by atoms with Gasteiger partial charge in [0, 0.05) is 26.5 Å². The number of carboxylic acid groups (broad SMARTS) is 1. The van der Waals surface area contributed by atoms with Crippen molar-refractivity contribution in [2.75, 3.05) is 40.6 Å². The molecule has 196 valence electrons. The molecule has 2 aromatic rings. The second-order valence-corrected chi connectivity index (χ2v) is 11.0. The van der Waals surface area contributed by atoms with Gasteiger partial charge < -0.3 is 24.1 Å². The fourth-order valence-corrected chi connectivity index (χ4v) is 6.70. The Morgan fingerprint density at radius 1 is 1.03 bits per heavy atom. The lowest BCUT2D eigenvalue weighted by Gasteiger charge is -2.40. The number of nitrogens with zero attached hydrogens (tertiary/aromatic N) is 1. The maximum Gasteiger partial charge on any atom is 0.322 e. The Labute approximate surface area is 212 Å². The van der Waals surface area contributed by atoms with E-state index in [2.05, 4.69) is 0 Å². The van der Waals surface area contributed by atoms with Crippen LogP contribution >= 0.6 is 0 Å². The highest BCUT2D eigenvalue weighted by Gasteiger charge is 2.47. The Hall–Kier alpha value is -2.50. The molecule has 0 radical (unpaired) electrons. The van der Waals surface area contributed by atoms with Gasteiger partial charge >= 0.3 is 5.97 Å². The molecule has 1 spiro atoms. The minimum absolute atomic E-state index is 0.0388. The third kappa shape index (κ3) is 5.57. The zero-order chi connectivity index (χ0) is 25.8. The molecule has 1 aliphatic carbocycles. The summed E-state index contributed by atoms with van der Waals surface area (Å²) in [5, 5.41) is 10.2. The molecule has 1 N–H and O–H groups in total. The summed E-state index contributed by atoms with van der Waals surface area (Å²) < 4.78 is 50.4. The van der Waals surface area contributed by atoms with E-state index in [1.807, 2.05) is 24.3 Å². The van der Waals surface area contributed by atoms with Crippen LogP contribution in [0.1, 0.15) is 25.7 Å². The highest BCUT2D eigenvalue weighted by molar-refractivity contribution is 7.89. The third-order valence-electron chi connectivity index (χ3n) is 7.02. The summed E-state index contributed by atoms with van der Waals surface area (Å²) in [6.45, 7) is 1.06. The van der Waals surface area contributed by atoms with Crippen molar-refractivity contribution in [1.29, 1.82) is 0 Å². The molecule has 1 heterocycles. The number of rotatable bonds is 10. The first-order valence-corrected chi connectivity index (χ1v) is 13.5. The van der Waals surface area contributed by atoms with E-state index in [1.54, 1.807) is 19.2 Å². The molecule has 0 amide bonds. The van der Waals surface area contributed by atoms with Gasteiger partial charge in [0.2, 0.25) is 10.0 Å². The second kappa shape index (κ2) is 11.3. The first-order valence-electron chi connectivity index (χ1n) is 12.1. The van der Waals surface area contributed by atoms with Crippen LogP contribution in [0.25, 0.3) is 11.1 Å². The predicted octanol–water partition coefficient (Wildman–Crippen LogP) is 3.39. The molecule has 2 aliphatic rings. The topological polar surface area (TPSA) is 112 Å².